The number of carbonyl (C=O) groups excluding carboxylic acids is 1. The molecule has 0 spiro atoms. The van der Waals surface area contributed by atoms with E-state index in [1.54, 1.807) is 12.1 Å². The maximum absolute atomic E-state index is 12.2. The Morgan fingerprint density at radius 2 is 1.58 bits per heavy atom. The maximum atomic E-state index is 12.2. The molecule has 0 saturated carbocycles. The van der Waals surface area contributed by atoms with Gasteiger partial charge in [0.2, 0.25) is 5.91 Å². The number of alkyl halides is 3. The van der Waals surface area contributed by atoms with Gasteiger partial charge in [0, 0.05) is 16.8 Å². The molecule has 1 aliphatic rings. The number of amides is 1. The molecule has 2 aromatic carbocycles. The van der Waals surface area contributed by atoms with Gasteiger partial charge in [-0.25, -0.2) is 0 Å². The summed E-state index contributed by atoms with van der Waals surface area (Å²) in [4.78, 5) is 11.8. The first-order chi connectivity index (χ1) is 11.3. The molecular weight excluding hydrogens is 387 g/mol. The number of nitrogens with one attached hydrogen (secondary N) is 1. The lowest BCUT2D eigenvalue weighted by Gasteiger charge is -2.20. The average molecular weight is 400 g/mol. The summed E-state index contributed by atoms with van der Waals surface area (Å²) in [5.74, 6) is -0.495. The van der Waals surface area contributed by atoms with E-state index < -0.39 is 6.36 Å². The molecule has 1 fully saturated rings. The molecule has 0 radical (unpaired) electrons. The second-order valence-corrected chi connectivity index (χ2v) is 6.44. The van der Waals surface area contributed by atoms with Crippen molar-refractivity contribution in [3.63, 3.8) is 0 Å². The maximum Gasteiger partial charge on any atom is 0.573 e. The van der Waals surface area contributed by atoms with E-state index in [-0.39, 0.29) is 23.6 Å². The molecule has 7 heteroatoms. The molecule has 1 amide bonds. The van der Waals surface area contributed by atoms with Gasteiger partial charge in [-0.05, 0) is 35.4 Å². The Labute approximate surface area is 144 Å². The molecule has 3 nitrogen and oxygen atoms in total. The van der Waals surface area contributed by atoms with Crippen LogP contribution in [0.5, 0.6) is 5.75 Å². The standard InChI is InChI=1S/C17H13BrF3NO2/c18-12-5-1-11(2-6-12)16-14(9-15(23)22-16)10-3-7-13(8-4-10)24-17(19,20)21/h1-8,14,16H,9H2,(H,22,23)/t14-,16+/m0/s1. The predicted octanol–water partition coefficient (Wildman–Crippen LogP) is 4.69. The summed E-state index contributed by atoms with van der Waals surface area (Å²) in [6.45, 7) is 0. The van der Waals surface area contributed by atoms with Gasteiger partial charge in [0.15, 0.2) is 0 Å². The lowest BCUT2D eigenvalue weighted by molar-refractivity contribution is -0.274. The summed E-state index contributed by atoms with van der Waals surface area (Å²) in [5, 5.41) is 2.93. The van der Waals surface area contributed by atoms with Crippen LogP contribution in [-0.4, -0.2) is 12.3 Å². The van der Waals surface area contributed by atoms with Gasteiger partial charge in [-0.2, -0.15) is 0 Å². The predicted molar refractivity (Wildman–Crippen MR) is 85.5 cm³/mol. The van der Waals surface area contributed by atoms with Crippen LogP contribution in [0.25, 0.3) is 0 Å². The fourth-order valence-corrected chi connectivity index (χ4v) is 3.13. The van der Waals surface area contributed by atoms with Gasteiger partial charge >= 0.3 is 6.36 Å². The van der Waals surface area contributed by atoms with Crippen LogP contribution >= 0.6 is 15.9 Å². The van der Waals surface area contributed by atoms with Crippen molar-refractivity contribution >= 4 is 21.8 Å². The molecule has 0 bridgehead atoms. The lowest BCUT2D eigenvalue weighted by atomic mass is 9.88. The van der Waals surface area contributed by atoms with Crippen LogP contribution in [0.4, 0.5) is 13.2 Å². The number of carbonyl (C=O) groups is 1. The first kappa shape index (κ1) is 16.8. The van der Waals surface area contributed by atoms with Gasteiger partial charge in [-0.3, -0.25) is 4.79 Å². The molecule has 3 rings (SSSR count). The summed E-state index contributed by atoms with van der Waals surface area (Å²) in [6.07, 6.45) is -4.42. The molecular formula is C17H13BrF3NO2. The number of rotatable bonds is 3. The van der Waals surface area contributed by atoms with Gasteiger partial charge in [0.1, 0.15) is 5.75 Å². The molecule has 126 valence electrons. The van der Waals surface area contributed by atoms with E-state index in [2.05, 4.69) is 26.0 Å². The molecule has 2 atom stereocenters. The third kappa shape index (κ3) is 3.90. The second kappa shape index (κ2) is 6.47. The van der Waals surface area contributed by atoms with Crippen molar-refractivity contribution in [3.8, 4) is 5.75 Å². The van der Waals surface area contributed by atoms with Crippen LogP contribution in [0, 0.1) is 0 Å². The van der Waals surface area contributed by atoms with Crippen LogP contribution < -0.4 is 10.1 Å². The van der Waals surface area contributed by atoms with Crippen molar-refractivity contribution < 1.29 is 22.7 Å². The van der Waals surface area contributed by atoms with Crippen molar-refractivity contribution in [2.75, 3.05) is 0 Å². The number of halogens is 4. The van der Waals surface area contributed by atoms with E-state index in [4.69, 9.17) is 0 Å². The minimum absolute atomic E-state index is 0.0801. The zero-order chi connectivity index (χ0) is 17.3. The highest BCUT2D eigenvalue weighted by Crippen LogP contribution is 2.39. The van der Waals surface area contributed by atoms with Gasteiger partial charge in [0.05, 0.1) is 6.04 Å². The zero-order valence-electron chi connectivity index (χ0n) is 12.3. The Kier molecular flexibility index (Phi) is 4.54. The number of ether oxygens (including phenoxy) is 1. The Bertz CT molecular complexity index is 729. The molecule has 0 aliphatic carbocycles. The van der Waals surface area contributed by atoms with E-state index in [1.807, 2.05) is 24.3 Å². The number of benzene rings is 2. The van der Waals surface area contributed by atoms with Crippen LogP contribution in [0.15, 0.2) is 53.0 Å². The summed E-state index contributed by atoms with van der Waals surface area (Å²) >= 11 is 3.36. The first-order valence-electron chi connectivity index (χ1n) is 7.22. The highest BCUT2D eigenvalue weighted by atomic mass is 79.9. The van der Waals surface area contributed by atoms with E-state index in [9.17, 15) is 18.0 Å². The monoisotopic (exact) mass is 399 g/mol. The molecule has 1 aliphatic heterocycles. The third-order valence-corrected chi connectivity index (χ3v) is 4.42. The average Bonchev–Trinajstić information content (AvgIpc) is 2.89. The van der Waals surface area contributed by atoms with Gasteiger partial charge < -0.3 is 10.1 Å². The van der Waals surface area contributed by atoms with E-state index in [0.717, 1.165) is 15.6 Å². The van der Waals surface area contributed by atoms with Gasteiger partial charge in [0.25, 0.3) is 0 Å². The Hall–Kier alpha value is -2.02. The Balaban J connectivity index is 1.83. The van der Waals surface area contributed by atoms with Crippen molar-refractivity contribution in [2.45, 2.75) is 24.7 Å². The van der Waals surface area contributed by atoms with Crippen molar-refractivity contribution in [2.24, 2.45) is 0 Å². The largest absolute Gasteiger partial charge is 0.573 e. The Morgan fingerprint density at radius 1 is 1.00 bits per heavy atom. The summed E-state index contributed by atoms with van der Waals surface area (Å²) in [7, 11) is 0. The smallest absolute Gasteiger partial charge is 0.406 e. The summed E-state index contributed by atoms with van der Waals surface area (Å²) < 4.78 is 41.5. The molecule has 1 saturated heterocycles. The van der Waals surface area contributed by atoms with Gasteiger partial charge in [-0.1, -0.05) is 40.2 Å². The number of hydrogen-bond acceptors (Lipinski definition) is 2. The molecule has 0 unspecified atom stereocenters. The quantitative estimate of drug-likeness (QED) is 0.812. The van der Waals surface area contributed by atoms with Gasteiger partial charge in [-0.15, -0.1) is 13.2 Å². The highest BCUT2D eigenvalue weighted by Gasteiger charge is 2.35. The normalized spacial score (nSPS) is 20.8. The second-order valence-electron chi connectivity index (χ2n) is 5.52. The van der Waals surface area contributed by atoms with E-state index in [1.165, 1.54) is 12.1 Å². The van der Waals surface area contributed by atoms with Crippen molar-refractivity contribution in [1.82, 2.24) is 5.32 Å². The SMILES string of the molecule is O=C1C[C@@H](c2ccc(OC(F)(F)F)cc2)[C@@H](c2ccc(Br)cc2)N1. The zero-order valence-corrected chi connectivity index (χ0v) is 13.9. The summed E-state index contributed by atoms with van der Waals surface area (Å²) in [6, 6.07) is 13.1. The molecule has 0 aromatic heterocycles. The van der Waals surface area contributed by atoms with E-state index in [0.29, 0.717) is 6.42 Å². The topological polar surface area (TPSA) is 38.3 Å². The van der Waals surface area contributed by atoms with Crippen LogP contribution in [-0.2, 0) is 4.79 Å². The molecule has 2 aromatic rings. The fourth-order valence-electron chi connectivity index (χ4n) is 2.86. The third-order valence-electron chi connectivity index (χ3n) is 3.90. The van der Waals surface area contributed by atoms with Crippen molar-refractivity contribution in [3.05, 3.63) is 64.1 Å². The van der Waals surface area contributed by atoms with E-state index >= 15 is 0 Å². The molecule has 1 heterocycles. The Morgan fingerprint density at radius 3 is 2.17 bits per heavy atom. The van der Waals surface area contributed by atoms with Crippen LogP contribution in [0.3, 0.4) is 0 Å². The summed E-state index contributed by atoms with van der Waals surface area (Å²) in [5.41, 5.74) is 1.74. The minimum atomic E-state index is -4.72. The first-order valence-corrected chi connectivity index (χ1v) is 8.02. The number of hydrogen-bond donors (Lipinski definition) is 1. The fraction of sp³-hybridized carbons (Fsp3) is 0.235. The highest BCUT2D eigenvalue weighted by molar-refractivity contribution is 9.10. The molecule has 24 heavy (non-hydrogen) atoms. The van der Waals surface area contributed by atoms with Crippen molar-refractivity contribution in [1.29, 1.82) is 0 Å². The van der Waals surface area contributed by atoms with Crippen LogP contribution in [0.2, 0.25) is 0 Å². The minimum Gasteiger partial charge on any atom is -0.406 e. The van der Waals surface area contributed by atoms with Crippen LogP contribution in [0.1, 0.15) is 29.5 Å². The molecule has 1 N–H and O–H groups in total. The lowest BCUT2D eigenvalue weighted by Crippen LogP contribution is -2.20.